The van der Waals surface area contributed by atoms with Crippen molar-refractivity contribution in [3.8, 4) is 38.4 Å². The monoisotopic (exact) mass is 1470 g/mol. The Morgan fingerprint density at radius 2 is 1.52 bits per heavy atom. The van der Waals surface area contributed by atoms with Crippen LogP contribution in [0.15, 0.2) is 56.9 Å². The van der Waals surface area contributed by atoms with Gasteiger partial charge in [-0.05, 0) is 66.4 Å². The average molecular weight is 1470 g/mol. The molecular formula is C62H65N15O18S5. The number of carbonyl (C=O) groups excluding carboxylic acids is 8. The van der Waals surface area contributed by atoms with E-state index in [2.05, 4.69) is 46.9 Å². The Hall–Kier alpha value is -9.48. The number of pyridine rings is 1. The smallest absolute Gasteiger partial charge is 0.358 e. The van der Waals surface area contributed by atoms with Crippen LogP contribution in [0.1, 0.15) is 127 Å². The van der Waals surface area contributed by atoms with Crippen molar-refractivity contribution < 1.29 is 87.3 Å². The summed E-state index contributed by atoms with van der Waals surface area (Å²) in [5.41, 5.74) is 3.23. The van der Waals surface area contributed by atoms with Gasteiger partial charge in [-0.15, -0.1) is 56.7 Å². The number of ether oxygens (including phenoxy) is 6. The largest absolute Gasteiger partial charge is 0.506 e. The second-order valence-electron chi connectivity index (χ2n) is 24.1. The van der Waals surface area contributed by atoms with Crippen LogP contribution >= 0.6 is 56.7 Å². The summed E-state index contributed by atoms with van der Waals surface area (Å²) in [4.78, 5) is 144. The molecule has 38 heteroatoms. The Morgan fingerprint density at radius 1 is 0.850 bits per heavy atom. The minimum Gasteiger partial charge on any atom is -0.506 e. The molecule has 0 saturated carbocycles. The molecule has 4 aliphatic heterocycles. The molecule has 12 N–H and O–H groups in total. The number of esters is 2. The predicted octanol–water partition coefficient (Wildman–Crippen LogP) is 3.84. The van der Waals surface area contributed by atoms with E-state index in [0.717, 1.165) is 56.7 Å². The van der Waals surface area contributed by atoms with E-state index in [4.69, 9.17) is 49.1 Å². The number of amides is 7. The summed E-state index contributed by atoms with van der Waals surface area (Å²) in [7, 11) is 4.85. The summed E-state index contributed by atoms with van der Waals surface area (Å²) in [6.45, 7) is 5.61. The highest BCUT2D eigenvalue weighted by molar-refractivity contribution is 7.14. The van der Waals surface area contributed by atoms with E-state index in [1.807, 2.05) is 0 Å². The number of carbonyl (C=O) groups is 8. The minimum atomic E-state index is -1.91. The molecule has 7 amide bonds. The van der Waals surface area contributed by atoms with Crippen LogP contribution in [0.25, 0.3) is 49.3 Å². The van der Waals surface area contributed by atoms with Gasteiger partial charge in [-0.1, -0.05) is 12.1 Å². The number of aliphatic hydroxyl groups excluding tert-OH is 1. The second kappa shape index (κ2) is 28.6. The molecule has 1 fully saturated rings. The molecular weight excluding hydrogens is 1400 g/mol. The highest BCUT2D eigenvalue weighted by Gasteiger charge is 2.50. The second-order valence-corrected chi connectivity index (χ2v) is 28.4. The van der Waals surface area contributed by atoms with Crippen LogP contribution in [-0.2, 0) is 62.6 Å². The number of aromatic hydroxyl groups is 1. The number of cyclic esters (lactones) is 2. The number of hydrogen-bond donors (Lipinski definition) is 11. The van der Waals surface area contributed by atoms with Gasteiger partial charge in [-0.25, -0.2) is 44.3 Å². The van der Waals surface area contributed by atoms with Gasteiger partial charge < -0.3 is 91.5 Å². The van der Waals surface area contributed by atoms with Gasteiger partial charge in [-0.3, -0.25) is 24.0 Å². The maximum atomic E-state index is 15.2. The SMILES string of the molecule is COC(C)=C1NC(=O)[C@H]([C@@H](C)O)NC(=O)c2csc(n2)-c2cc(O)c(-c3nc(CNC(=O)[C@H](C)NC(N)=O)cs3)nc2-c2csc(n2)[C@@H]2COC(=O)c3c4c5c(cccc5n3O)COC(=O)[C@@H](O[C@H]3C[C@](C)(O)[C@H](N(C)C)[C@H](C)O3)[C@@H](OC4)[C@H](NC(=O)c3csc1n3)c1nc(cs1)C(=O)N2. The standard InChI is InChI=1S/C62H65N15O18S5/c1-23(65-61(63)87)49(80)64-14-28-18-96-57(66-28)43-37(79)12-29-42(72-43)32-19-98-55(68-32)31-17-93-59(85)45-30-16-91-46(47(95-38-13-62(5,88)48(76(6)7)26(4)94-38)60(86)92-15-27-10-9-11-36(39(27)30)77(45)89)44(58-71-33(21-100-58)50(81)67-31)75-52(83)35-22-99-56(70-35)41(25(3)90-8)74-53(84)40(24(2)78)73-51(82)34-20-97-54(29)69-34/h9-12,18-24,26,31,38,40,44,46-48,78-79,88-89H,13-17H2,1-8H3,(H,64,80)(H,67,81)(H,73,82)(H,74,84)(H,75,83)(H3,63,65,87)/t23-,24+,26-,31-,38-,40-,44-,46-,47-,48+,62-/m0/s1. The number of methoxy groups -OCH3 is 1. The summed E-state index contributed by atoms with van der Waals surface area (Å²) < 4.78 is 38.3. The van der Waals surface area contributed by atoms with E-state index in [9.17, 15) is 44.5 Å². The third-order valence-corrected chi connectivity index (χ3v) is 21.3. The minimum absolute atomic E-state index is 0.0126. The number of benzene rings is 1. The van der Waals surface area contributed by atoms with Gasteiger partial charge in [0.15, 0.2) is 18.1 Å². The number of allylic oxidation sites excluding steroid dienone is 1. The predicted molar refractivity (Wildman–Crippen MR) is 358 cm³/mol. The number of thiazole rings is 5. The van der Waals surface area contributed by atoms with Crippen molar-refractivity contribution >= 4 is 121 Å². The maximum Gasteiger partial charge on any atom is 0.358 e. The molecule has 0 unspecified atom stereocenters. The van der Waals surface area contributed by atoms with E-state index in [0.29, 0.717) is 16.0 Å². The Bertz CT molecular complexity index is 4590. The number of primary amides is 1. The summed E-state index contributed by atoms with van der Waals surface area (Å²) in [6.07, 6.45) is -7.53. The molecule has 0 spiro atoms. The zero-order chi connectivity index (χ0) is 71.3. The molecule has 11 atom stereocenters. The van der Waals surface area contributed by atoms with Gasteiger partial charge in [0, 0.05) is 49.8 Å². The van der Waals surface area contributed by atoms with E-state index in [1.54, 1.807) is 55.7 Å². The molecule has 100 heavy (non-hydrogen) atoms. The van der Waals surface area contributed by atoms with Gasteiger partial charge >= 0.3 is 18.0 Å². The van der Waals surface area contributed by atoms with Crippen LogP contribution in [0.5, 0.6) is 5.75 Å². The first-order valence-electron chi connectivity index (χ1n) is 30.7. The van der Waals surface area contributed by atoms with Crippen LogP contribution in [0.2, 0.25) is 0 Å². The number of nitrogens with zero attached hydrogens (tertiary/aromatic N) is 8. The van der Waals surface area contributed by atoms with E-state index >= 15 is 14.4 Å². The van der Waals surface area contributed by atoms with Gasteiger partial charge in [-0.2, -0.15) is 4.73 Å². The van der Waals surface area contributed by atoms with Crippen molar-refractivity contribution in [2.75, 3.05) is 27.8 Å². The molecule has 0 radical (unpaired) electrons. The fourth-order valence-corrected chi connectivity index (χ4v) is 16.3. The summed E-state index contributed by atoms with van der Waals surface area (Å²) in [5, 5.41) is 70.9. The van der Waals surface area contributed by atoms with Crippen molar-refractivity contribution in [3.63, 3.8) is 0 Å². The molecule has 1 aromatic carbocycles. The number of rotatable bonds is 10. The zero-order valence-corrected chi connectivity index (χ0v) is 58.3. The van der Waals surface area contributed by atoms with Gasteiger partial charge in [0.05, 0.1) is 55.3 Å². The molecule has 0 aliphatic carbocycles. The van der Waals surface area contributed by atoms with Crippen molar-refractivity contribution in [3.05, 3.63) is 112 Å². The van der Waals surface area contributed by atoms with Crippen LogP contribution in [-0.4, -0.2) is 190 Å². The normalized spacial score (nSPS) is 24.1. The summed E-state index contributed by atoms with van der Waals surface area (Å²) in [5.74, 6) is -6.83. The lowest BCUT2D eigenvalue weighted by Crippen LogP contribution is -2.62. The molecule has 526 valence electrons. The number of nitrogens with one attached hydrogen (secondary N) is 6. The lowest BCUT2D eigenvalue weighted by Gasteiger charge is -2.48. The Balaban J connectivity index is 1.02. The van der Waals surface area contributed by atoms with E-state index in [1.165, 1.54) is 56.2 Å². The fraction of sp³-hybridized carbons (Fsp3) is 0.387. The Labute approximate surface area is 587 Å². The molecule has 12 bridgehead atoms. The number of likely N-dealkylation sites (N-methyl/N-ethyl adjacent to an activating group) is 1. The zero-order valence-electron chi connectivity index (χ0n) is 54.2. The molecule has 12 rings (SSSR count). The molecule has 1 saturated heterocycles. The lowest BCUT2D eigenvalue weighted by atomic mass is 9.85. The molecule has 33 nitrogen and oxygen atoms in total. The quantitative estimate of drug-likeness (QED) is 0.0526. The summed E-state index contributed by atoms with van der Waals surface area (Å²) in [6, 6.07) is -1.14. The number of urea groups is 1. The van der Waals surface area contributed by atoms with Crippen molar-refractivity contribution in [1.82, 2.24) is 71.4 Å². The molecule has 11 heterocycles. The topological polar surface area (TPSA) is 457 Å². The Morgan fingerprint density at radius 3 is 2.24 bits per heavy atom. The van der Waals surface area contributed by atoms with Gasteiger partial charge in [0.25, 0.3) is 17.7 Å². The molecule has 8 aromatic rings. The van der Waals surface area contributed by atoms with Crippen molar-refractivity contribution in [2.24, 2.45) is 5.73 Å². The maximum absolute atomic E-state index is 15.2. The highest BCUT2D eigenvalue weighted by atomic mass is 32.1. The summed E-state index contributed by atoms with van der Waals surface area (Å²) >= 11 is 4.70. The van der Waals surface area contributed by atoms with Crippen LogP contribution in [0, 0.1) is 0 Å². The number of hydrogen-bond acceptors (Lipinski definition) is 30. The Kier molecular flexibility index (Phi) is 20.2. The van der Waals surface area contributed by atoms with Crippen LogP contribution in [0.4, 0.5) is 4.79 Å². The molecule has 7 aromatic heterocycles. The highest BCUT2D eigenvalue weighted by Crippen LogP contribution is 2.43. The van der Waals surface area contributed by atoms with Gasteiger partial charge in [0.1, 0.15) is 120 Å². The third kappa shape index (κ3) is 14.2. The van der Waals surface area contributed by atoms with Gasteiger partial charge in [0.2, 0.25) is 11.8 Å². The number of aliphatic hydroxyl groups is 2. The first-order valence-corrected chi connectivity index (χ1v) is 35.1. The first kappa shape index (κ1) is 70.4. The average Bonchev–Trinajstić information content (AvgIpc) is 1.59. The number of fused-ring (bicyclic) bond motifs is 15. The van der Waals surface area contributed by atoms with Crippen molar-refractivity contribution in [1.29, 1.82) is 0 Å². The molecule has 4 aliphatic rings. The number of aromatic nitrogens is 7. The number of nitrogens with two attached hydrogens (primary N) is 1. The fourth-order valence-electron chi connectivity index (χ4n) is 12.1. The van der Waals surface area contributed by atoms with E-state index in [-0.39, 0.29) is 106 Å². The first-order chi connectivity index (χ1) is 47.7. The van der Waals surface area contributed by atoms with Crippen LogP contribution in [0.3, 0.4) is 0 Å². The van der Waals surface area contributed by atoms with Crippen LogP contribution < -0.4 is 37.6 Å². The third-order valence-electron chi connectivity index (χ3n) is 16.8. The van der Waals surface area contributed by atoms with E-state index < -0.39 is 145 Å². The van der Waals surface area contributed by atoms with Crippen molar-refractivity contribution in [2.45, 2.75) is 127 Å². The lowest BCUT2D eigenvalue weighted by molar-refractivity contribution is -0.280.